The Hall–Kier alpha value is -1.92. The number of rotatable bonds is 2. The van der Waals surface area contributed by atoms with E-state index in [2.05, 4.69) is 15.4 Å². The molecule has 0 aliphatic rings. The van der Waals surface area contributed by atoms with Crippen LogP contribution in [0.4, 0.5) is 0 Å². The Bertz CT molecular complexity index is 606. The molecule has 80 valence electrons. The third-order valence-corrected chi connectivity index (χ3v) is 2.33. The minimum Gasteiger partial charge on any atom is -0.275 e. The molecule has 0 amide bonds. The van der Waals surface area contributed by atoms with Gasteiger partial charge in [0.25, 0.3) is 5.56 Å². The van der Waals surface area contributed by atoms with E-state index in [4.69, 9.17) is 0 Å². The van der Waals surface area contributed by atoms with Crippen LogP contribution in [0.1, 0.15) is 13.8 Å². The van der Waals surface area contributed by atoms with E-state index >= 15 is 0 Å². The molecule has 2 heterocycles. The Morgan fingerprint density at radius 1 is 1.13 bits per heavy atom. The van der Waals surface area contributed by atoms with Crippen LogP contribution in [0.5, 0.6) is 0 Å². The van der Waals surface area contributed by atoms with Gasteiger partial charge in [-0.25, -0.2) is 4.79 Å². The zero-order valence-corrected chi connectivity index (χ0v) is 8.52. The van der Waals surface area contributed by atoms with Crippen molar-refractivity contribution in [2.24, 2.45) is 0 Å². The predicted molar refractivity (Wildman–Crippen MR) is 53.8 cm³/mol. The summed E-state index contributed by atoms with van der Waals surface area (Å²) in [6, 6.07) is 0. The third-order valence-electron chi connectivity index (χ3n) is 2.33. The van der Waals surface area contributed by atoms with E-state index in [0.717, 1.165) is 4.57 Å². The number of aromatic nitrogens is 5. The van der Waals surface area contributed by atoms with E-state index in [0.29, 0.717) is 18.7 Å². The van der Waals surface area contributed by atoms with E-state index in [1.54, 1.807) is 6.92 Å². The molecule has 2 aromatic heterocycles. The molecule has 0 spiro atoms. The van der Waals surface area contributed by atoms with E-state index < -0.39 is 5.56 Å². The number of hydrogen-bond donors (Lipinski definition) is 1. The average Bonchev–Trinajstić information content (AvgIpc) is 2.68. The Kier molecular flexibility index (Phi) is 2.14. The highest BCUT2D eigenvalue weighted by molar-refractivity contribution is 5.67. The van der Waals surface area contributed by atoms with Gasteiger partial charge < -0.3 is 0 Å². The van der Waals surface area contributed by atoms with Gasteiger partial charge >= 0.3 is 5.69 Å². The molecular weight excluding hydrogens is 198 g/mol. The lowest BCUT2D eigenvalue weighted by molar-refractivity contribution is 0.605. The maximum atomic E-state index is 11.8. The molecule has 7 nitrogen and oxygen atoms in total. The fourth-order valence-electron chi connectivity index (χ4n) is 1.57. The fourth-order valence-corrected chi connectivity index (χ4v) is 1.57. The number of hydrogen-bond acceptors (Lipinski definition) is 4. The van der Waals surface area contributed by atoms with Gasteiger partial charge in [0.1, 0.15) is 0 Å². The van der Waals surface area contributed by atoms with Crippen molar-refractivity contribution in [3.8, 4) is 0 Å². The summed E-state index contributed by atoms with van der Waals surface area (Å²) < 4.78 is 2.57. The summed E-state index contributed by atoms with van der Waals surface area (Å²) in [5.74, 6) is 0. The van der Waals surface area contributed by atoms with Crippen LogP contribution in [-0.4, -0.2) is 24.5 Å². The Morgan fingerprint density at radius 2 is 1.80 bits per heavy atom. The second-order valence-corrected chi connectivity index (χ2v) is 3.07. The van der Waals surface area contributed by atoms with Crippen molar-refractivity contribution in [1.82, 2.24) is 24.5 Å². The maximum Gasteiger partial charge on any atom is 0.332 e. The predicted octanol–water partition coefficient (Wildman–Crippen LogP) is -0.679. The summed E-state index contributed by atoms with van der Waals surface area (Å²) in [5, 5.41) is 9.91. The average molecular weight is 209 g/mol. The lowest BCUT2D eigenvalue weighted by Gasteiger charge is -2.05. The smallest absolute Gasteiger partial charge is 0.275 e. The SMILES string of the molecule is CCn1c(=O)c2n[nH]nc2n(CC)c1=O. The van der Waals surface area contributed by atoms with Crippen LogP contribution in [0.25, 0.3) is 11.2 Å². The van der Waals surface area contributed by atoms with Crippen molar-refractivity contribution in [2.45, 2.75) is 26.9 Å². The lowest BCUT2D eigenvalue weighted by atomic mass is 10.5. The molecule has 0 atom stereocenters. The van der Waals surface area contributed by atoms with Crippen molar-refractivity contribution < 1.29 is 0 Å². The highest BCUT2D eigenvalue weighted by Crippen LogP contribution is 1.98. The first kappa shape index (κ1) is 9.63. The summed E-state index contributed by atoms with van der Waals surface area (Å²) in [6.07, 6.45) is 0. The first-order valence-corrected chi connectivity index (χ1v) is 4.74. The van der Waals surface area contributed by atoms with Crippen molar-refractivity contribution in [2.75, 3.05) is 0 Å². The van der Waals surface area contributed by atoms with Crippen LogP contribution >= 0.6 is 0 Å². The van der Waals surface area contributed by atoms with E-state index in [9.17, 15) is 9.59 Å². The zero-order chi connectivity index (χ0) is 11.0. The molecule has 0 fully saturated rings. The quantitative estimate of drug-likeness (QED) is 0.710. The van der Waals surface area contributed by atoms with Crippen LogP contribution in [-0.2, 0) is 13.1 Å². The second kappa shape index (κ2) is 3.34. The molecule has 2 rings (SSSR count). The minimum absolute atomic E-state index is 0.207. The first-order valence-electron chi connectivity index (χ1n) is 4.74. The van der Waals surface area contributed by atoms with Gasteiger partial charge in [-0.05, 0) is 13.8 Å². The van der Waals surface area contributed by atoms with Crippen molar-refractivity contribution in [3.05, 3.63) is 20.8 Å². The zero-order valence-electron chi connectivity index (χ0n) is 8.52. The maximum absolute atomic E-state index is 11.8. The van der Waals surface area contributed by atoms with Gasteiger partial charge in [-0.2, -0.15) is 5.21 Å². The molecule has 0 saturated heterocycles. The Labute approximate surface area is 84.3 Å². The highest BCUT2D eigenvalue weighted by Gasteiger charge is 2.13. The highest BCUT2D eigenvalue weighted by atomic mass is 16.2. The molecule has 0 bridgehead atoms. The molecule has 7 heteroatoms. The van der Waals surface area contributed by atoms with Crippen LogP contribution in [0.3, 0.4) is 0 Å². The Balaban J connectivity index is 3.04. The lowest BCUT2D eigenvalue weighted by Crippen LogP contribution is -2.39. The van der Waals surface area contributed by atoms with Crippen molar-refractivity contribution in [3.63, 3.8) is 0 Å². The molecule has 0 aliphatic heterocycles. The van der Waals surface area contributed by atoms with Crippen molar-refractivity contribution in [1.29, 1.82) is 0 Å². The topological polar surface area (TPSA) is 85.6 Å². The number of aromatic amines is 1. The number of fused-ring (bicyclic) bond motifs is 1. The molecule has 0 aliphatic carbocycles. The van der Waals surface area contributed by atoms with E-state index in [-0.39, 0.29) is 11.2 Å². The van der Waals surface area contributed by atoms with Crippen molar-refractivity contribution >= 4 is 11.2 Å². The molecule has 0 aromatic carbocycles. The summed E-state index contributed by atoms with van der Waals surface area (Å²) >= 11 is 0. The van der Waals surface area contributed by atoms with Gasteiger partial charge in [0.2, 0.25) is 0 Å². The van der Waals surface area contributed by atoms with E-state index in [1.807, 2.05) is 6.92 Å². The molecule has 0 saturated carbocycles. The van der Waals surface area contributed by atoms with Gasteiger partial charge in [0, 0.05) is 13.1 Å². The summed E-state index contributed by atoms with van der Waals surface area (Å²) in [6.45, 7) is 4.36. The van der Waals surface area contributed by atoms with Gasteiger partial charge in [-0.3, -0.25) is 13.9 Å². The molecular formula is C8H11N5O2. The number of nitrogens with one attached hydrogen (secondary N) is 1. The largest absolute Gasteiger partial charge is 0.332 e. The first-order chi connectivity index (χ1) is 7.20. The number of H-pyrrole nitrogens is 1. The molecule has 1 N–H and O–H groups in total. The van der Waals surface area contributed by atoms with Gasteiger partial charge in [-0.1, -0.05) is 0 Å². The molecule has 15 heavy (non-hydrogen) atoms. The molecule has 0 unspecified atom stereocenters. The number of aryl methyl sites for hydroxylation is 1. The monoisotopic (exact) mass is 209 g/mol. The van der Waals surface area contributed by atoms with E-state index in [1.165, 1.54) is 4.57 Å². The standard InChI is InChI=1S/C8H11N5O2/c1-3-12-6-5(9-11-10-6)7(14)13(4-2)8(12)15/h3-4H2,1-2H3,(H,9,10,11). The van der Waals surface area contributed by atoms with Crippen LogP contribution in [0.15, 0.2) is 9.59 Å². The van der Waals surface area contributed by atoms with Crippen LogP contribution in [0.2, 0.25) is 0 Å². The van der Waals surface area contributed by atoms with Gasteiger partial charge in [0.15, 0.2) is 11.2 Å². The summed E-state index contributed by atoms with van der Waals surface area (Å²) in [7, 11) is 0. The van der Waals surface area contributed by atoms with Crippen LogP contribution in [0, 0.1) is 0 Å². The molecule has 2 aromatic rings. The Morgan fingerprint density at radius 3 is 2.40 bits per heavy atom. The number of nitrogens with zero attached hydrogens (tertiary/aromatic N) is 4. The summed E-state index contributed by atoms with van der Waals surface area (Å²) in [5.41, 5.74) is -0.210. The normalized spacial score (nSPS) is 11.1. The summed E-state index contributed by atoms with van der Waals surface area (Å²) in [4.78, 5) is 23.5. The van der Waals surface area contributed by atoms with Gasteiger partial charge in [0.05, 0.1) is 0 Å². The second-order valence-electron chi connectivity index (χ2n) is 3.07. The molecule has 0 radical (unpaired) electrons. The van der Waals surface area contributed by atoms with Gasteiger partial charge in [-0.15, -0.1) is 10.2 Å². The minimum atomic E-state index is -0.393. The fraction of sp³-hybridized carbons (Fsp3) is 0.500. The third kappa shape index (κ3) is 1.19. The van der Waals surface area contributed by atoms with Crippen LogP contribution < -0.4 is 11.2 Å².